The maximum absolute atomic E-state index is 12.4. The number of carboxylic acids is 1. The smallest absolute Gasteiger partial charge is 0.409 e. The van der Waals surface area contributed by atoms with Crippen LogP contribution in [0.1, 0.15) is 62.8 Å². The number of rotatable bonds is 8. The van der Waals surface area contributed by atoms with Gasteiger partial charge in [0.1, 0.15) is 23.7 Å². The van der Waals surface area contributed by atoms with E-state index in [4.69, 9.17) is 9.47 Å². The highest BCUT2D eigenvalue weighted by molar-refractivity contribution is 5.70. The third-order valence-electron chi connectivity index (χ3n) is 7.14. The number of carbonyl (C=O) groups excluding carboxylic acids is 1. The van der Waals surface area contributed by atoms with E-state index in [9.17, 15) is 14.7 Å². The number of hydrogen-bond acceptors (Lipinski definition) is 7. The van der Waals surface area contributed by atoms with E-state index in [1.54, 1.807) is 23.7 Å². The van der Waals surface area contributed by atoms with E-state index in [0.29, 0.717) is 53.8 Å². The lowest BCUT2D eigenvalue weighted by molar-refractivity contribution is -0.142. The van der Waals surface area contributed by atoms with E-state index in [0.717, 1.165) is 19.3 Å². The summed E-state index contributed by atoms with van der Waals surface area (Å²) >= 11 is 0. The van der Waals surface area contributed by atoms with Gasteiger partial charge < -0.3 is 19.5 Å². The summed E-state index contributed by atoms with van der Waals surface area (Å²) in [6.45, 7) is 2.62. The van der Waals surface area contributed by atoms with Crippen LogP contribution >= 0.6 is 0 Å². The minimum atomic E-state index is -0.754. The number of hydrogen-bond donors (Lipinski definition) is 1. The molecule has 2 heterocycles. The van der Waals surface area contributed by atoms with Crippen LogP contribution in [0.25, 0.3) is 11.4 Å². The van der Waals surface area contributed by atoms with Gasteiger partial charge in [0, 0.05) is 20.6 Å². The second-order valence-corrected chi connectivity index (χ2v) is 9.82. The Morgan fingerprint density at radius 1 is 1.17 bits per heavy atom. The fourth-order valence-electron chi connectivity index (χ4n) is 4.75. The Bertz CT molecular complexity index is 1050. The second kappa shape index (κ2) is 11.0. The van der Waals surface area contributed by atoms with Crippen molar-refractivity contribution < 1.29 is 24.2 Å². The molecule has 1 N–H and O–H groups in total. The molecule has 1 unspecified atom stereocenters. The summed E-state index contributed by atoms with van der Waals surface area (Å²) in [5.74, 6) is 0.0881. The van der Waals surface area contributed by atoms with Crippen molar-refractivity contribution in [3.63, 3.8) is 0 Å². The molecular formula is C25H35N5O5. The van der Waals surface area contributed by atoms with Crippen molar-refractivity contribution in [2.24, 2.45) is 18.9 Å². The van der Waals surface area contributed by atoms with Gasteiger partial charge in [0.2, 0.25) is 0 Å². The second-order valence-electron chi connectivity index (χ2n) is 9.82. The van der Waals surface area contributed by atoms with Gasteiger partial charge in [0.15, 0.2) is 0 Å². The van der Waals surface area contributed by atoms with Crippen molar-refractivity contribution in [1.29, 1.82) is 0 Å². The molecule has 0 aromatic carbocycles. The van der Waals surface area contributed by atoms with Gasteiger partial charge in [-0.15, -0.1) is 5.10 Å². The van der Waals surface area contributed by atoms with Crippen LogP contribution in [-0.2, 0) is 23.2 Å². The number of ether oxygens (including phenoxy) is 2. The molecule has 0 bridgehead atoms. The SMILES string of the molecule is Cc1nc(-c2nnn(C)c2COC(=O)N(C)CC2CCC2)ccc1O[C@H]1CCCCC(C(=O)O)C1. The molecular weight excluding hydrogens is 450 g/mol. The Kier molecular flexibility index (Phi) is 7.87. The first kappa shape index (κ1) is 24.9. The van der Waals surface area contributed by atoms with Crippen LogP contribution in [0.4, 0.5) is 4.79 Å². The molecule has 10 nitrogen and oxygen atoms in total. The van der Waals surface area contributed by atoms with E-state index in [1.807, 2.05) is 19.1 Å². The van der Waals surface area contributed by atoms with Crippen molar-refractivity contribution in [3.05, 3.63) is 23.5 Å². The highest BCUT2D eigenvalue weighted by Gasteiger charge is 2.27. The molecule has 1 amide bonds. The van der Waals surface area contributed by atoms with Crippen LogP contribution < -0.4 is 4.74 Å². The van der Waals surface area contributed by atoms with Gasteiger partial charge in [0.25, 0.3) is 0 Å². The molecule has 190 valence electrons. The maximum Gasteiger partial charge on any atom is 0.409 e. The summed E-state index contributed by atoms with van der Waals surface area (Å²) in [6, 6.07) is 3.65. The molecule has 2 aliphatic rings. The standard InChI is InChI=1S/C25H35N5O5/c1-16-22(35-19-10-5-4-9-18(13-19)24(31)32)12-11-20(26-16)23-21(30(3)28-27-23)15-34-25(33)29(2)14-17-7-6-8-17/h11-12,17-19H,4-10,13-15H2,1-3H3,(H,31,32)/t18?,19-/m0/s1. The lowest BCUT2D eigenvalue weighted by Gasteiger charge is -2.29. The molecule has 2 fully saturated rings. The largest absolute Gasteiger partial charge is 0.489 e. The van der Waals surface area contributed by atoms with Gasteiger partial charge in [-0.2, -0.15) is 0 Å². The molecule has 0 aliphatic heterocycles. The van der Waals surface area contributed by atoms with Crippen molar-refractivity contribution in [3.8, 4) is 17.1 Å². The fraction of sp³-hybridized carbons (Fsp3) is 0.640. The van der Waals surface area contributed by atoms with E-state index in [1.165, 1.54) is 19.3 Å². The Morgan fingerprint density at radius 2 is 1.94 bits per heavy atom. The summed E-state index contributed by atoms with van der Waals surface area (Å²) in [7, 11) is 3.52. The molecule has 35 heavy (non-hydrogen) atoms. The van der Waals surface area contributed by atoms with Crippen LogP contribution in [0.3, 0.4) is 0 Å². The molecule has 2 atom stereocenters. The van der Waals surface area contributed by atoms with Crippen LogP contribution in [0.15, 0.2) is 12.1 Å². The van der Waals surface area contributed by atoms with Crippen molar-refractivity contribution in [2.45, 2.75) is 71.0 Å². The molecule has 2 saturated carbocycles. The van der Waals surface area contributed by atoms with E-state index in [-0.39, 0.29) is 24.7 Å². The molecule has 10 heteroatoms. The van der Waals surface area contributed by atoms with Crippen LogP contribution in [-0.4, -0.2) is 61.7 Å². The Hall–Kier alpha value is -3.17. The lowest BCUT2D eigenvalue weighted by Crippen LogP contribution is -2.34. The molecule has 4 rings (SSSR count). The number of nitrogens with zero attached hydrogens (tertiary/aromatic N) is 5. The molecule has 0 saturated heterocycles. The summed E-state index contributed by atoms with van der Waals surface area (Å²) in [6.07, 6.45) is 6.95. The fourth-order valence-corrected chi connectivity index (χ4v) is 4.75. The number of aryl methyl sites for hydroxylation is 2. The first-order valence-corrected chi connectivity index (χ1v) is 12.5. The van der Waals surface area contributed by atoms with E-state index in [2.05, 4.69) is 15.3 Å². The molecule has 0 spiro atoms. The Morgan fingerprint density at radius 3 is 2.63 bits per heavy atom. The zero-order valence-corrected chi connectivity index (χ0v) is 20.8. The first-order valence-electron chi connectivity index (χ1n) is 12.5. The van der Waals surface area contributed by atoms with E-state index < -0.39 is 5.97 Å². The third-order valence-corrected chi connectivity index (χ3v) is 7.14. The highest BCUT2D eigenvalue weighted by Crippen LogP contribution is 2.30. The predicted molar refractivity (Wildman–Crippen MR) is 128 cm³/mol. The zero-order valence-electron chi connectivity index (χ0n) is 20.8. The van der Waals surface area contributed by atoms with Gasteiger partial charge in [-0.05, 0) is 63.5 Å². The number of pyridine rings is 1. The highest BCUT2D eigenvalue weighted by atomic mass is 16.6. The van der Waals surface area contributed by atoms with Gasteiger partial charge in [-0.1, -0.05) is 18.1 Å². The number of aliphatic carboxylic acids is 1. The first-order chi connectivity index (χ1) is 16.8. The van der Waals surface area contributed by atoms with Crippen LogP contribution in [0.5, 0.6) is 5.75 Å². The lowest BCUT2D eigenvalue weighted by atomic mass is 9.85. The normalized spacial score (nSPS) is 20.5. The minimum absolute atomic E-state index is 0.0459. The van der Waals surface area contributed by atoms with Gasteiger partial charge in [0.05, 0.1) is 23.4 Å². The van der Waals surface area contributed by atoms with Crippen molar-refractivity contribution in [2.75, 3.05) is 13.6 Å². The predicted octanol–water partition coefficient (Wildman–Crippen LogP) is 3.97. The summed E-state index contributed by atoms with van der Waals surface area (Å²) < 4.78 is 13.3. The molecule has 2 aromatic heterocycles. The number of aromatic nitrogens is 4. The molecule has 2 aromatic rings. The average molecular weight is 486 g/mol. The zero-order chi connectivity index (χ0) is 24.9. The molecule has 2 aliphatic carbocycles. The van der Waals surface area contributed by atoms with Crippen LogP contribution in [0, 0.1) is 18.8 Å². The number of amides is 1. The monoisotopic (exact) mass is 485 g/mol. The Labute approximate surface area is 205 Å². The van der Waals surface area contributed by atoms with Gasteiger partial charge in [-0.3, -0.25) is 4.79 Å². The molecule has 0 radical (unpaired) electrons. The average Bonchev–Trinajstić information content (AvgIpc) is 3.00. The maximum atomic E-state index is 12.4. The summed E-state index contributed by atoms with van der Waals surface area (Å²) in [5.41, 5.74) is 2.51. The van der Waals surface area contributed by atoms with Gasteiger partial charge in [-0.25, -0.2) is 14.5 Å². The minimum Gasteiger partial charge on any atom is -0.489 e. The number of carboxylic acid groups (broad SMARTS) is 1. The number of carbonyl (C=O) groups is 2. The summed E-state index contributed by atoms with van der Waals surface area (Å²) in [5, 5.41) is 17.8. The topological polar surface area (TPSA) is 120 Å². The third kappa shape index (κ3) is 6.10. The van der Waals surface area contributed by atoms with Crippen molar-refractivity contribution >= 4 is 12.1 Å². The van der Waals surface area contributed by atoms with Crippen LogP contribution in [0.2, 0.25) is 0 Å². The van der Waals surface area contributed by atoms with E-state index >= 15 is 0 Å². The van der Waals surface area contributed by atoms with Gasteiger partial charge >= 0.3 is 12.1 Å². The quantitative estimate of drug-likeness (QED) is 0.558. The van der Waals surface area contributed by atoms with Crippen molar-refractivity contribution in [1.82, 2.24) is 24.9 Å². The Balaban J connectivity index is 1.42. The summed E-state index contributed by atoms with van der Waals surface area (Å²) in [4.78, 5) is 30.2.